The maximum Gasteiger partial charge on any atom is 0.0828 e. The van der Waals surface area contributed by atoms with Crippen molar-refractivity contribution in [2.75, 3.05) is 0 Å². The normalized spacial score (nSPS) is 19.6. The summed E-state index contributed by atoms with van der Waals surface area (Å²) < 4.78 is 1.82. The number of hydrogen-bond donors (Lipinski definition) is 1. The van der Waals surface area contributed by atoms with Crippen molar-refractivity contribution in [1.82, 2.24) is 9.78 Å². The van der Waals surface area contributed by atoms with Crippen LogP contribution in [0.25, 0.3) is 0 Å². The highest BCUT2D eigenvalue weighted by molar-refractivity contribution is 5.86. The van der Waals surface area contributed by atoms with E-state index in [4.69, 9.17) is 5.21 Å². The number of nitrogens with zero attached hydrogens (tertiary/aromatic N) is 3. The Kier molecular flexibility index (Phi) is 3.97. The van der Waals surface area contributed by atoms with Gasteiger partial charge in [-0.15, -0.1) is 0 Å². The lowest BCUT2D eigenvalue weighted by Gasteiger charge is -2.15. The van der Waals surface area contributed by atoms with Crippen LogP contribution in [0, 0.1) is 5.92 Å². The molecule has 2 rings (SSSR count). The van der Waals surface area contributed by atoms with Gasteiger partial charge in [0.15, 0.2) is 0 Å². The van der Waals surface area contributed by atoms with E-state index in [1.54, 1.807) is 6.20 Å². The number of aromatic nitrogens is 2. The van der Waals surface area contributed by atoms with Crippen molar-refractivity contribution < 1.29 is 5.21 Å². The second kappa shape index (κ2) is 5.68. The molecule has 1 aliphatic rings. The zero-order valence-corrected chi connectivity index (χ0v) is 9.55. The number of oxime groups is 1. The van der Waals surface area contributed by atoms with Crippen molar-refractivity contribution in [3.63, 3.8) is 0 Å². The molecule has 1 heterocycles. The van der Waals surface area contributed by atoms with Gasteiger partial charge in [-0.1, -0.05) is 30.8 Å². The summed E-state index contributed by atoms with van der Waals surface area (Å²) in [4.78, 5) is 0. The highest BCUT2D eigenvalue weighted by Crippen LogP contribution is 2.24. The van der Waals surface area contributed by atoms with Crippen LogP contribution in [-0.4, -0.2) is 20.7 Å². The lowest BCUT2D eigenvalue weighted by molar-refractivity contribution is 0.310. The largest absolute Gasteiger partial charge is 0.411 e. The van der Waals surface area contributed by atoms with Crippen molar-refractivity contribution in [3.8, 4) is 0 Å². The molecule has 0 bridgehead atoms. The van der Waals surface area contributed by atoms with Gasteiger partial charge in [-0.25, -0.2) is 0 Å². The molecule has 16 heavy (non-hydrogen) atoms. The van der Waals surface area contributed by atoms with Crippen molar-refractivity contribution in [2.45, 2.75) is 45.1 Å². The fourth-order valence-electron chi connectivity index (χ4n) is 2.41. The molecule has 0 spiro atoms. The summed E-state index contributed by atoms with van der Waals surface area (Å²) in [6.07, 6.45) is 11.1. The van der Waals surface area contributed by atoms with Gasteiger partial charge in [0.1, 0.15) is 0 Å². The minimum Gasteiger partial charge on any atom is -0.411 e. The maximum atomic E-state index is 9.12. The van der Waals surface area contributed by atoms with E-state index in [-0.39, 0.29) is 0 Å². The van der Waals surface area contributed by atoms with Crippen molar-refractivity contribution in [1.29, 1.82) is 0 Å². The van der Waals surface area contributed by atoms with E-state index in [0.29, 0.717) is 12.5 Å². The van der Waals surface area contributed by atoms with Gasteiger partial charge in [-0.2, -0.15) is 5.10 Å². The molecule has 88 valence electrons. The SMILES string of the molecule is O/N=C(\Cn1cccn1)C1CCCCCC1. The van der Waals surface area contributed by atoms with E-state index in [9.17, 15) is 0 Å². The summed E-state index contributed by atoms with van der Waals surface area (Å²) in [5.74, 6) is 0.441. The van der Waals surface area contributed by atoms with Crippen LogP contribution in [0.1, 0.15) is 38.5 Å². The summed E-state index contributed by atoms with van der Waals surface area (Å²) in [6.45, 7) is 0.619. The van der Waals surface area contributed by atoms with E-state index >= 15 is 0 Å². The highest BCUT2D eigenvalue weighted by atomic mass is 16.4. The molecule has 0 radical (unpaired) electrons. The van der Waals surface area contributed by atoms with Crippen LogP contribution < -0.4 is 0 Å². The predicted octanol–water partition coefficient (Wildman–Crippen LogP) is 2.68. The molecule has 1 fully saturated rings. The minimum atomic E-state index is 0.441. The molecule has 0 aromatic carbocycles. The van der Waals surface area contributed by atoms with Crippen LogP contribution in [0.5, 0.6) is 0 Å². The van der Waals surface area contributed by atoms with E-state index in [1.807, 2.05) is 16.9 Å². The molecular weight excluding hydrogens is 202 g/mol. The molecule has 4 nitrogen and oxygen atoms in total. The Bertz CT molecular complexity index is 324. The third kappa shape index (κ3) is 2.84. The molecule has 0 atom stereocenters. The van der Waals surface area contributed by atoms with Gasteiger partial charge in [0.2, 0.25) is 0 Å². The molecular formula is C12H19N3O. The van der Waals surface area contributed by atoms with Gasteiger partial charge in [-0.05, 0) is 18.9 Å². The Morgan fingerprint density at radius 1 is 1.31 bits per heavy atom. The second-order valence-corrected chi connectivity index (χ2v) is 4.48. The zero-order chi connectivity index (χ0) is 11.2. The number of hydrogen-bond acceptors (Lipinski definition) is 3. The average Bonchev–Trinajstić information content (AvgIpc) is 2.67. The molecule has 1 saturated carbocycles. The molecule has 4 heteroatoms. The first kappa shape index (κ1) is 11.2. The minimum absolute atomic E-state index is 0.441. The lowest BCUT2D eigenvalue weighted by atomic mass is 9.95. The van der Waals surface area contributed by atoms with E-state index < -0.39 is 0 Å². The van der Waals surface area contributed by atoms with Gasteiger partial charge in [0.05, 0.1) is 12.3 Å². The Labute approximate surface area is 96.0 Å². The van der Waals surface area contributed by atoms with Crippen molar-refractivity contribution in [3.05, 3.63) is 18.5 Å². The Morgan fingerprint density at radius 2 is 2.06 bits per heavy atom. The van der Waals surface area contributed by atoms with Crippen LogP contribution in [-0.2, 0) is 6.54 Å². The molecule has 0 amide bonds. The fourth-order valence-corrected chi connectivity index (χ4v) is 2.41. The molecule has 0 unspecified atom stereocenters. The Balaban J connectivity index is 1.98. The van der Waals surface area contributed by atoms with Crippen LogP contribution in [0.4, 0.5) is 0 Å². The summed E-state index contributed by atoms with van der Waals surface area (Å²) in [5, 5.41) is 16.7. The van der Waals surface area contributed by atoms with Crippen molar-refractivity contribution in [2.24, 2.45) is 11.1 Å². The molecule has 0 aliphatic heterocycles. The molecule has 1 aliphatic carbocycles. The van der Waals surface area contributed by atoms with Gasteiger partial charge in [-0.3, -0.25) is 4.68 Å². The quantitative estimate of drug-likeness (QED) is 0.369. The maximum absolute atomic E-state index is 9.12. The second-order valence-electron chi connectivity index (χ2n) is 4.48. The monoisotopic (exact) mass is 221 g/mol. The summed E-state index contributed by atoms with van der Waals surface area (Å²) >= 11 is 0. The molecule has 1 aromatic heterocycles. The summed E-state index contributed by atoms with van der Waals surface area (Å²) in [7, 11) is 0. The summed E-state index contributed by atoms with van der Waals surface area (Å²) in [5.41, 5.74) is 0.880. The van der Waals surface area contributed by atoms with Gasteiger partial charge < -0.3 is 5.21 Å². The Morgan fingerprint density at radius 3 is 2.62 bits per heavy atom. The zero-order valence-electron chi connectivity index (χ0n) is 9.55. The topological polar surface area (TPSA) is 50.4 Å². The van der Waals surface area contributed by atoms with Crippen molar-refractivity contribution >= 4 is 5.71 Å². The third-order valence-corrected chi connectivity index (χ3v) is 3.34. The summed E-state index contributed by atoms with van der Waals surface area (Å²) in [6, 6.07) is 1.89. The van der Waals surface area contributed by atoms with E-state index in [1.165, 1.54) is 25.7 Å². The molecule has 0 saturated heterocycles. The van der Waals surface area contributed by atoms with Gasteiger partial charge >= 0.3 is 0 Å². The van der Waals surface area contributed by atoms with Gasteiger partial charge in [0, 0.05) is 18.3 Å². The van der Waals surface area contributed by atoms with Crippen LogP contribution >= 0.6 is 0 Å². The van der Waals surface area contributed by atoms with Crippen LogP contribution in [0.15, 0.2) is 23.6 Å². The number of rotatable bonds is 3. The fraction of sp³-hybridized carbons (Fsp3) is 0.667. The van der Waals surface area contributed by atoms with E-state index in [2.05, 4.69) is 10.3 Å². The first-order valence-electron chi connectivity index (χ1n) is 6.08. The van der Waals surface area contributed by atoms with E-state index in [0.717, 1.165) is 18.6 Å². The standard InChI is InChI=1S/C12H19N3O/c16-14-12(10-15-9-5-8-13-15)11-6-3-1-2-4-7-11/h5,8-9,11,16H,1-4,6-7,10H2/b14-12+. The Hall–Kier alpha value is -1.32. The van der Waals surface area contributed by atoms with Crippen LogP contribution in [0.2, 0.25) is 0 Å². The smallest absolute Gasteiger partial charge is 0.0828 e. The third-order valence-electron chi connectivity index (χ3n) is 3.34. The molecule has 1 aromatic rings. The first-order valence-corrected chi connectivity index (χ1v) is 6.08. The molecule has 1 N–H and O–H groups in total. The van der Waals surface area contributed by atoms with Crippen LogP contribution in [0.3, 0.4) is 0 Å². The highest BCUT2D eigenvalue weighted by Gasteiger charge is 2.19. The lowest BCUT2D eigenvalue weighted by Crippen LogP contribution is -2.20. The van der Waals surface area contributed by atoms with Gasteiger partial charge in [0.25, 0.3) is 0 Å². The average molecular weight is 221 g/mol. The predicted molar refractivity (Wildman–Crippen MR) is 62.6 cm³/mol. The first-order chi connectivity index (χ1) is 7.90.